The number of fused-ring (bicyclic) bond motifs is 1. The van der Waals surface area contributed by atoms with Crippen LogP contribution in [0.1, 0.15) is 29.2 Å². The molecule has 1 aromatic carbocycles. The van der Waals surface area contributed by atoms with Crippen LogP contribution >= 0.6 is 12.2 Å². The van der Waals surface area contributed by atoms with Crippen LogP contribution in [-0.4, -0.2) is 59.6 Å². The summed E-state index contributed by atoms with van der Waals surface area (Å²) < 4.78 is 37.1. The molecule has 1 unspecified atom stereocenters. The third kappa shape index (κ3) is 3.85. The van der Waals surface area contributed by atoms with Crippen LogP contribution in [0.5, 0.6) is 0 Å². The van der Waals surface area contributed by atoms with E-state index in [0.717, 1.165) is 0 Å². The molecule has 10 nitrogen and oxygen atoms in total. The zero-order valence-electron chi connectivity index (χ0n) is 17.4. The third-order valence-corrected chi connectivity index (χ3v) is 5.61. The molecule has 168 valence electrons. The van der Waals surface area contributed by atoms with E-state index in [2.05, 4.69) is 40.7 Å². The molecule has 1 aliphatic heterocycles. The van der Waals surface area contributed by atoms with Crippen molar-refractivity contribution in [1.29, 1.82) is 0 Å². The van der Waals surface area contributed by atoms with Gasteiger partial charge in [-0.25, -0.2) is 24.3 Å². The number of anilines is 1. The molecule has 0 spiro atoms. The maximum absolute atomic E-state index is 15.5. The van der Waals surface area contributed by atoms with E-state index in [4.69, 9.17) is 16.8 Å². The van der Waals surface area contributed by atoms with Crippen molar-refractivity contribution in [3.63, 3.8) is 0 Å². The Hall–Kier alpha value is -3.70. The largest absolute Gasteiger partial charge is 0.352 e. The first-order chi connectivity index (χ1) is 16.0. The first-order valence-electron chi connectivity index (χ1n) is 10.1. The number of aromatic nitrogens is 7. The average molecular weight is 469 g/mol. The molecule has 5 rings (SSSR count). The third-order valence-electron chi connectivity index (χ3n) is 5.51. The fourth-order valence-corrected chi connectivity index (χ4v) is 3.88. The number of nitrogens with zero attached hydrogens (tertiary/aromatic N) is 9. The summed E-state index contributed by atoms with van der Waals surface area (Å²) >= 11 is 4.71. The van der Waals surface area contributed by atoms with E-state index in [9.17, 15) is 0 Å². The molecule has 13 heteroatoms. The maximum atomic E-state index is 15.5. The van der Waals surface area contributed by atoms with Gasteiger partial charge in [-0.3, -0.25) is 0 Å². The Morgan fingerprint density at radius 1 is 1.24 bits per heavy atom. The minimum atomic E-state index is -3.43. The molecule has 0 saturated carbocycles. The van der Waals surface area contributed by atoms with Crippen LogP contribution < -0.4 is 4.90 Å². The van der Waals surface area contributed by atoms with Crippen LogP contribution in [0.15, 0.2) is 40.0 Å². The van der Waals surface area contributed by atoms with Gasteiger partial charge < -0.3 is 4.90 Å². The summed E-state index contributed by atoms with van der Waals surface area (Å²) in [6, 6.07) is 7.35. The second-order valence-corrected chi connectivity index (χ2v) is 7.82. The average Bonchev–Trinajstić information content (AvgIpc) is 3.55. The van der Waals surface area contributed by atoms with E-state index in [-0.39, 0.29) is 29.6 Å². The van der Waals surface area contributed by atoms with Crippen LogP contribution in [-0.2, 0) is 12.5 Å². The SMILES string of the molecule is Cc1nonc1Cn1nnc2c(N3CCC(N=C=S)C3)nc(C(F)(F)c3ccccc3)nc21. The minimum Gasteiger partial charge on any atom is -0.352 e. The fraction of sp³-hybridized carbons (Fsp3) is 0.350. The van der Waals surface area contributed by atoms with Crippen LogP contribution in [0.3, 0.4) is 0 Å². The van der Waals surface area contributed by atoms with Gasteiger partial charge in [-0.1, -0.05) is 45.9 Å². The van der Waals surface area contributed by atoms with Crippen molar-refractivity contribution in [2.24, 2.45) is 4.99 Å². The van der Waals surface area contributed by atoms with Gasteiger partial charge in [0.25, 0.3) is 0 Å². The second-order valence-electron chi connectivity index (χ2n) is 7.64. The number of hydrogen-bond donors (Lipinski definition) is 0. The molecular formula is C20H17F2N9OS. The molecular weight excluding hydrogens is 452 g/mol. The van der Waals surface area contributed by atoms with Gasteiger partial charge in [-0.05, 0) is 25.6 Å². The molecule has 0 aliphatic carbocycles. The Kier molecular flexibility index (Phi) is 5.35. The van der Waals surface area contributed by atoms with E-state index >= 15 is 8.78 Å². The molecule has 0 radical (unpaired) electrons. The lowest BCUT2D eigenvalue weighted by Gasteiger charge is -2.20. The Labute approximate surface area is 191 Å². The van der Waals surface area contributed by atoms with E-state index in [1.54, 1.807) is 25.1 Å². The molecule has 0 N–H and O–H groups in total. The Morgan fingerprint density at radius 2 is 2.06 bits per heavy atom. The number of rotatable bonds is 6. The van der Waals surface area contributed by atoms with Gasteiger partial charge in [-0.2, -0.15) is 8.78 Å². The van der Waals surface area contributed by atoms with Gasteiger partial charge in [0.05, 0.1) is 17.7 Å². The summed E-state index contributed by atoms with van der Waals surface area (Å²) in [5, 5.41) is 18.3. The van der Waals surface area contributed by atoms with Crippen molar-refractivity contribution in [2.45, 2.75) is 31.9 Å². The highest BCUT2D eigenvalue weighted by atomic mass is 32.1. The van der Waals surface area contributed by atoms with Crippen molar-refractivity contribution >= 4 is 34.4 Å². The van der Waals surface area contributed by atoms with Gasteiger partial charge in [0.15, 0.2) is 17.0 Å². The monoisotopic (exact) mass is 469 g/mol. The van der Waals surface area contributed by atoms with E-state index < -0.39 is 11.7 Å². The Bertz CT molecular complexity index is 1350. The molecule has 0 bridgehead atoms. The summed E-state index contributed by atoms with van der Waals surface area (Å²) in [4.78, 5) is 14.4. The van der Waals surface area contributed by atoms with Gasteiger partial charge >= 0.3 is 5.92 Å². The summed E-state index contributed by atoms with van der Waals surface area (Å²) in [6.45, 7) is 2.83. The molecule has 4 heterocycles. The number of aliphatic imine (C=N–C) groups is 1. The van der Waals surface area contributed by atoms with E-state index in [1.165, 1.54) is 16.8 Å². The maximum Gasteiger partial charge on any atom is 0.331 e. The first-order valence-corrected chi connectivity index (χ1v) is 10.5. The molecule has 4 aromatic rings. The van der Waals surface area contributed by atoms with Gasteiger partial charge in [0.2, 0.25) is 5.82 Å². The minimum absolute atomic E-state index is 0.0931. The second kappa shape index (κ2) is 8.34. The van der Waals surface area contributed by atoms with E-state index in [1.807, 2.05) is 4.90 Å². The summed E-state index contributed by atoms with van der Waals surface area (Å²) in [7, 11) is 0. The van der Waals surface area contributed by atoms with Gasteiger partial charge in [-0.15, -0.1) is 5.10 Å². The Morgan fingerprint density at radius 3 is 2.79 bits per heavy atom. The molecule has 33 heavy (non-hydrogen) atoms. The van der Waals surface area contributed by atoms with Crippen molar-refractivity contribution in [1.82, 2.24) is 35.3 Å². The molecule has 1 saturated heterocycles. The zero-order chi connectivity index (χ0) is 23.0. The number of thiocarbonyl (C=S) groups is 1. The number of aryl methyl sites for hydroxylation is 1. The number of hydrogen-bond acceptors (Lipinski definition) is 10. The summed E-state index contributed by atoms with van der Waals surface area (Å²) in [5.74, 6) is -3.80. The Balaban J connectivity index is 1.65. The van der Waals surface area contributed by atoms with Crippen LogP contribution in [0.4, 0.5) is 14.6 Å². The highest BCUT2D eigenvalue weighted by Crippen LogP contribution is 2.36. The lowest BCUT2D eigenvalue weighted by Crippen LogP contribution is -2.26. The van der Waals surface area contributed by atoms with Crippen molar-refractivity contribution in [3.05, 3.63) is 53.1 Å². The molecule has 1 atom stereocenters. The smallest absolute Gasteiger partial charge is 0.331 e. The number of halogens is 2. The molecule has 1 fully saturated rings. The van der Waals surface area contributed by atoms with E-state index in [0.29, 0.717) is 36.4 Å². The highest BCUT2D eigenvalue weighted by Gasteiger charge is 2.40. The number of alkyl halides is 2. The predicted molar refractivity (Wildman–Crippen MR) is 116 cm³/mol. The number of isothiocyanates is 1. The van der Waals surface area contributed by atoms with Crippen LogP contribution in [0.25, 0.3) is 11.2 Å². The zero-order valence-corrected chi connectivity index (χ0v) is 18.2. The summed E-state index contributed by atoms with van der Waals surface area (Å²) in [5.41, 5.74) is 1.31. The van der Waals surface area contributed by atoms with Crippen molar-refractivity contribution in [2.75, 3.05) is 18.0 Å². The van der Waals surface area contributed by atoms with Crippen LogP contribution in [0.2, 0.25) is 0 Å². The fourth-order valence-electron chi connectivity index (χ4n) is 3.73. The lowest BCUT2D eigenvalue weighted by atomic mass is 10.1. The molecule has 1 aliphatic rings. The predicted octanol–water partition coefficient (Wildman–Crippen LogP) is 2.78. The lowest BCUT2D eigenvalue weighted by molar-refractivity contribution is 0.0332. The molecule has 0 amide bonds. The standard InChI is InChI=1S/C20H17F2N9OS/c1-12-15(28-32-27-12)10-31-18-16(26-29-31)17(30-8-7-14(9-30)23-11-33)24-19(25-18)20(21,22)13-5-3-2-4-6-13/h2-6,14H,7-10H2,1H3. The quantitative estimate of drug-likeness (QED) is 0.311. The molecule has 3 aromatic heterocycles. The summed E-state index contributed by atoms with van der Waals surface area (Å²) in [6.07, 6.45) is 0.692. The van der Waals surface area contributed by atoms with Gasteiger partial charge in [0.1, 0.15) is 11.4 Å². The highest BCUT2D eigenvalue weighted by molar-refractivity contribution is 7.78. The number of benzene rings is 1. The van der Waals surface area contributed by atoms with Crippen LogP contribution in [0, 0.1) is 6.92 Å². The van der Waals surface area contributed by atoms with Crippen molar-refractivity contribution in [3.8, 4) is 0 Å². The normalized spacial score (nSPS) is 16.3. The van der Waals surface area contributed by atoms with Crippen molar-refractivity contribution < 1.29 is 13.4 Å². The first kappa shape index (κ1) is 21.2. The topological polar surface area (TPSA) is 111 Å². The van der Waals surface area contributed by atoms with Gasteiger partial charge in [0, 0.05) is 18.7 Å².